The molecule has 1 fully saturated rings. The Morgan fingerprint density at radius 2 is 2.47 bits per heavy atom. The lowest BCUT2D eigenvalue weighted by Crippen LogP contribution is -2.34. The Labute approximate surface area is 96.4 Å². The van der Waals surface area contributed by atoms with Gasteiger partial charge in [-0.05, 0) is 35.3 Å². The van der Waals surface area contributed by atoms with Gasteiger partial charge in [0.2, 0.25) is 0 Å². The fourth-order valence-electron chi connectivity index (χ4n) is 1.78. The number of carbonyl (C=O) groups excluding carboxylic acids is 1. The molecule has 1 atom stereocenters. The Kier molecular flexibility index (Phi) is 2.60. The number of aromatic nitrogens is 1. The standard InChI is InChI=1S/C10H13BrN2O2/c1-10(15)2-3-13(6-10)9(14)8-4-7(11)5-12-8/h4-5,12,15H,2-3,6H2,1H3. The number of hydrogen-bond acceptors (Lipinski definition) is 2. The first kappa shape index (κ1) is 10.7. The second kappa shape index (κ2) is 3.64. The van der Waals surface area contributed by atoms with Crippen LogP contribution in [0.5, 0.6) is 0 Å². The fourth-order valence-corrected chi connectivity index (χ4v) is 2.12. The highest BCUT2D eigenvalue weighted by molar-refractivity contribution is 9.10. The van der Waals surface area contributed by atoms with Crippen molar-refractivity contribution in [1.82, 2.24) is 9.88 Å². The largest absolute Gasteiger partial charge is 0.388 e. The van der Waals surface area contributed by atoms with Crippen molar-refractivity contribution in [2.75, 3.05) is 13.1 Å². The van der Waals surface area contributed by atoms with Crippen LogP contribution >= 0.6 is 15.9 Å². The first-order valence-electron chi connectivity index (χ1n) is 4.83. The van der Waals surface area contributed by atoms with Crippen LogP contribution in [-0.4, -0.2) is 39.6 Å². The van der Waals surface area contributed by atoms with Gasteiger partial charge in [0.05, 0.1) is 5.60 Å². The molecule has 1 saturated heterocycles. The van der Waals surface area contributed by atoms with Crippen LogP contribution in [-0.2, 0) is 0 Å². The lowest BCUT2D eigenvalue weighted by molar-refractivity contribution is 0.0569. The summed E-state index contributed by atoms with van der Waals surface area (Å²) in [5.41, 5.74) is -0.181. The molecule has 0 bridgehead atoms. The number of nitrogens with zero attached hydrogens (tertiary/aromatic N) is 1. The molecule has 82 valence electrons. The zero-order valence-corrected chi connectivity index (χ0v) is 10.0. The van der Waals surface area contributed by atoms with Gasteiger partial charge in [-0.2, -0.15) is 0 Å². The molecule has 0 saturated carbocycles. The predicted octanol–water partition coefficient (Wildman–Crippen LogP) is 1.37. The maximum Gasteiger partial charge on any atom is 0.270 e. The normalized spacial score (nSPS) is 25.9. The van der Waals surface area contributed by atoms with Gasteiger partial charge < -0.3 is 15.0 Å². The van der Waals surface area contributed by atoms with Crippen LogP contribution in [0.3, 0.4) is 0 Å². The van der Waals surface area contributed by atoms with E-state index in [2.05, 4.69) is 20.9 Å². The van der Waals surface area contributed by atoms with Gasteiger partial charge in [0, 0.05) is 23.8 Å². The van der Waals surface area contributed by atoms with Gasteiger partial charge in [0.1, 0.15) is 5.69 Å². The molecule has 5 heteroatoms. The molecule has 1 aromatic rings. The van der Waals surface area contributed by atoms with E-state index in [-0.39, 0.29) is 5.91 Å². The summed E-state index contributed by atoms with van der Waals surface area (Å²) in [7, 11) is 0. The molecule has 0 aromatic carbocycles. The summed E-state index contributed by atoms with van der Waals surface area (Å²) >= 11 is 3.28. The second-order valence-electron chi connectivity index (χ2n) is 4.21. The molecule has 1 amide bonds. The first-order chi connectivity index (χ1) is 6.98. The smallest absolute Gasteiger partial charge is 0.270 e. The van der Waals surface area contributed by atoms with Gasteiger partial charge in [-0.25, -0.2) is 0 Å². The van der Waals surface area contributed by atoms with Crippen LogP contribution in [0, 0.1) is 0 Å². The first-order valence-corrected chi connectivity index (χ1v) is 5.63. The average Bonchev–Trinajstić information content (AvgIpc) is 2.71. The van der Waals surface area contributed by atoms with E-state index in [1.165, 1.54) is 0 Å². The minimum absolute atomic E-state index is 0.0570. The molecule has 15 heavy (non-hydrogen) atoms. The molecule has 2 heterocycles. The van der Waals surface area contributed by atoms with Gasteiger partial charge in [0.25, 0.3) is 5.91 Å². The summed E-state index contributed by atoms with van der Waals surface area (Å²) in [6.07, 6.45) is 2.36. The molecule has 0 spiro atoms. The molecule has 4 nitrogen and oxygen atoms in total. The minimum atomic E-state index is -0.737. The predicted molar refractivity (Wildman–Crippen MR) is 59.6 cm³/mol. The third kappa shape index (κ3) is 2.23. The summed E-state index contributed by atoms with van der Waals surface area (Å²) in [4.78, 5) is 16.5. The van der Waals surface area contributed by atoms with E-state index < -0.39 is 5.60 Å². The van der Waals surface area contributed by atoms with E-state index in [0.29, 0.717) is 25.2 Å². The quantitative estimate of drug-likeness (QED) is 0.812. The maximum atomic E-state index is 11.9. The fraction of sp³-hybridized carbons (Fsp3) is 0.500. The van der Waals surface area contributed by atoms with Crippen LogP contribution in [0.2, 0.25) is 0 Å². The summed E-state index contributed by atoms with van der Waals surface area (Å²) in [6.45, 7) is 2.77. The molecular formula is C10H13BrN2O2. The van der Waals surface area contributed by atoms with Crippen molar-refractivity contribution in [2.45, 2.75) is 18.9 Å². The molecule has 0 radical (unpaired) electrons. The molecule has 0 aliphatic carbocycles. The number of hydrogen-bond donors (Lipinski definition) is 2. The molecule has 2 N–H and O–H groups in total. The second-order valence-corrected chi connectivity index (χ2v) is 5.12. The van der Waals surface area contributed by atoms with Crippen molar-refractivity contribution in [1.29, 1.82) is 0 Å². The third-order valence-electron chi connectivity index (χ3n) is 2.62. The molecule has 1 unspecified atom stereocenters. The maximum absolute atomic E-state index is 11.9. The topological polar surface area (TPSA) is 56.3 Å². The number of nitrogens with one attached hydrogen (secondary N) is 1. The van der Waals surface area contributed by atoms with Gasteiger partial charge in [-0.3, -0.25) is 4.79 Å². The molecule has 1 aliphatic heterocycles. The Morgan fingerprint density at radius 3 is 2.93 bits per heavy atom. The van der Waals surface area contributed by atoms with Crippen molar-refractivity contribution in [3.8, 4) is 0 Å². The third-order valence-corrected chi connectivity index (χ3v) is 3.08. The van der Waals surface area contributed by atoms with Gasteiger partial charge in [-0.15, -0.1) is 0 Å². The van der Waals surface area contributed by atoms with Gasteiger partial charge in [0.15, 0.2) is 0 Å². The summed E-state index contributed by atoms with van der Waals surface area (Å²) < 4.78 is 0.858. The van der Waals surface area contributed by atoms with E-state index in [4.69, 9.17) is 0 Å². The Bertz CT molecular complexity index is 387. The van der Waals surface area contributed by atoms with Crippen LogP contribution < -0.4 is 0 Å². The van der Waals surface area contributed by atoms with Gasteiger partial charge >= 0.3 is 0 Å². The number of carbonyl (C=O) groups is 1. The van der Waals surface area contributed by atoms with E-state index in [0.717, 1.165) is 4.47 Å². The SMILES string of the molecule is CC1(O)CCN(C(=O)c2cc(Br)c[nH]2)C1. The summed E-state index contributed by atoms with van der Waals surface area (Å²) in [6, 6.07) is 1.75. The van der Waals surface area contributed by atoms with Crippen molar-refractivity contribution in [2.24, 2.45) is 0 Å². The van der Waals surface area contributed by atoms with E-state index in [9.17, 15) is 9.90 Å². The molecule has 1 aromatic heterocycles. The number of aromatic amines is 1. The highest BCUT2D eigenvalue weighted by Gasteiger charge is 2.34. The van der Waals surface area contributed by atoms with Crippen molar-refractivity contribution in [3.05, 3.63) is 22.4 Å². The Morgan fingerprint density at radius 1 is 1.73 bits per heavy atom. The number of halogens is 1. The minimum Gasteiger partial charge on any atom is -0.388 e. The van der Waals surface area contributed by atoms with Crippen LogP contribution in [0.15, 0.2) is 16.7 Å². The number of aliphatic hydroxyl groups is 1. The lowest BCUT2D eigenvalue weighted by Gasteiger charge is -2.18. The zero-order chi connectivity index (χ0) is 11.1. The molecule has 1 aliphatic rings. The van der Waals surface area contributed by atoms with E-state index in [1.807, 2.05) is 0 Å². The van der Waals surface area contributed by atoms with Crippen molar-refractivity contribution < 1.29 is 9.90 Å². The highest BCUT2D eigenvalue weighted by Crippen LogP contribution is 2.22. The van der Waals surface area contributed by atoms with E-state index >= 15 is 0 Å². The van der Waals surface area contributed by atoms with Gasteiger partial charge in [-0.1, -0.05) is 0 Å². The average molecular weight is 273 g/mol. The van der Waals surface area contributed by atoms with Crippen LogP contribution in [0.4, 0.5) is 0 Å². The number of H-pyrrole nitrogens is 1. The molecular weight excluding hydrogens is 260 g/mol. The van der Waals surface area contributed by atoms with Crippen LogP contribution in [0.1, 0.15) is 23.8 Å². The van der Waals surface area contributed by atoms with Crippen molar-refractivity contribution in [3.63, 3.8) is 0 Å². The van der Waals surface area contributed by atoms with E-state index in [1.54, 1.807) is 24.1 Å². The monoisotopic (exact) mass is 272 g/mol. The number of rotatable bonds is 1. The Hall–Kier alpha value is -0.810. The lowest BCUT2D eigenvalue weighted by atomic mass is 10.1. The number of β-amino-alcohol motifs (C(OH)–C–C–N with tert-alkyl or cyclic N) is 1. The van der Waals surface area contributed by atoms with Crippen molar-refractivity contribution >= 4 is 21.8 Å². The summed E-state index contributed by atoms with van der Waals surface area (Å²) in [5.74, 6) is -0.0570. The van der Waals surface area contributed by atoms with Crippen LogP contribution in [0.25, 0.3) is 0 Å². The number of amides is 1. The zero-order valence-electron chi connectivity index (χ0n) is 8.46. The molecule has 2 rings (SSSR count). The highest BCUT2D eigenvalue weighted by atomic mass is 79.9. The Balaban J connectivity index is 2.10. The summed E-state index contributed by atoms with van der Waals surface area (Å²) in [5, 5.41) is 9.75. The number of likely N-dealkylation sites (tertiary alicyclic amines) is 1.